The lowest BCUT2D eigenvalue weighted by atomic mass is 9.86. The highest BCUT2D eigenvalue weighted by Crippen LogP contribution is 2.43. The van der Waals surface area contributed by atoms with Gasteiger partial charge in [0.15, 0.2) is 0 Å². The van der Waals surface area contributed by atoms with Crippen LogP contribution < -0.4 is 5.32 Å². The number of amides is 2. The number of hydrogen-bond donors (Lipinski definition) is 2. The number of rotatable bonds is 1. The molecule has 6 nitrogen and oxygen atoms in total. The zero-order valence-electron chi connectivity index (χ0n) is 17.3. The molecule has 1 aromatic heterocycles. The standard InChI is InChI=1S/C23H25FN4O2/c1-13-19(23(30)28-10-8-27(2)9-11-28)15-4-3-5-16(21(15)25-13)20-17-12-14(24)6-7-18(17)26-22(20)29/h6-7,12,25H,3-5,8-11H2,1-2H3,(H,26,29)/b20-16-. The Balaban J connectivity index is 1.60. The second-order valence-electron chi connectivity index (χ2n) is 8.43. The predicted molar refractivity (Wildman–Crippen MR) is 114 cm³/mol. The molecule has 1 aliphatic carbocycles. The van der Waals surface area contributed by atoms with Crippen LogP contribution >= 0.6 is 0 Å². The molecule has 30 heavy (non-hydrogen) atoms. The summed E-state index contributed by atoms with van der Waals surface area (Å²) >= 11 is 0. The number of aryl methyl sites for hydroxylation is 1. The highest BCUT2D eigenvalue weighted by atomic mass is 19.1. The van der Waals surface area contributed by atoms with E-state index in [2.05, 4.69) is 22.2 Å². The fourth-order valence-corrected chi connectivity index (χ4v) is 4.90. The van der Waals surface area contributed by atoms with Gasteiger partial charge in [-0.2, -0.15) is 0 Å². The number of piperazine rings is 1. The first-order valence-electron chi connectivity index (χ1n) is 10.5. The van der Waals surface area contributed by atoms with Crippen molar-refractivity contribution in [1.29, 1.82) is 0 Å². The van der Waals surface area contributed by atoms with Gasteiger partial charge < -0.3 is 20.1 Å². The van der Waals surface area contributed by atoms with E-state index in [9.17, 15) is 14.0 Å². The van der Waals surface area contributed by atoms with Crippen LogP contribution in [-0.4, -0.2) is 59.8 Å². The molecule has 1 saturated heterocycles. The van der Waals surface area contributed by atoms with Crippen molar-refractivity contribution in [2.24, 2.45) is 0 Å². The second-order valence-corrected chi connectivity index (χ2v) is 8.43. The number of likely N-dealkylation sites (N-methyl/N-ethyl adjacent to an activating group) is 1. The number of aromatic amines is 1. The van der Waals surface area contributed by atoms with Gasteiger partial charge in [0.25, 0.3) is 11.8 Å². The summed E-state index contributed by atoms with van der Waals surface area (Å²) in [7, 11) is 2.07. The lowest BCUT2D eigenvalue weighted by Crippen LogP contribution is -2.47. The van der Waals surface area contributed by atoms with Gasteiger partial charge in [0.05, 0.1) is 11.1 Å². The Hall–Kier alpha value is -2.93. The molecule has 1 aromatic carbocycles. The lowest BCUT2D eigenvalue weighted by molar-refractivity contribution is -0.110. The maximum Gasteiger partial charge on any atom is 0.256 e. The zero-order chi connectivity index (χ0) is 21.0. The van der Waals surface area contributed by atoms with Crippen molar-refractivity contribution in [3.8, 4) is 0 Å². The summed E-state index contributed by atoms with van der Waals surface area (Å²) in [6, 6.07) is 4.36. The smallest absolute Gasteiger partial charge is 0.256 e. The summed E-state index contributed by atoms with van der Waals surface area (Å²) in [6.45, 7) is 5.10. The number of hydrogen-bond acceptors (Lipinski definition) is 3. The van der Waals surface area contributed by atoms with E-state index < -0.39 is 0 Å². The molecule has 0 saturated carbocycles. The minimum atomic E-state index is -0.368. The summed E-state index contributed by atoms with van der Waals surface area (Å²) in [5.41, 5.74) is 6.05. The molecule has 2 aromatic rings. The number of nitrogens with one attached hydrogen (secondary N) is 2. The van der Waals surface area contributed by atoms with E-state index in [4.69, 9.17) is 0 Å². The average Bonchev–Trinajstić information content (AvgIpc) is 3.23. The van der Waals surface area contributed by atoms with Crippen LogP contribution in [0.3, 0.4) is 0 Å². The summed E-state index contributed by atoms with van der Waals surface area (Å²) < 4.78 is 13.9. The van der Waals surface area contributed by atoms with Gasteiger partial charge in [0.1, 0.15) is 5.82 Å². The third-order valence-electron chi connectivity index (χ3n) is 6.48. The van der Waals surface area contributed by atoms with Crippen molar-refractivity contribution in [3.05, 3.63) is 52.1 Å². The Labute approximate surface area is 174 Å². The molecule has 0 bridgehead atoms. The van der Waals surface area contributed by atoms with Crippen LogP contribution in [0, 0.1) is 12.7 Å². The molecule has 0 spiro atoms. The number of allylic oxidation sites excluding steroid dienone is 1. The van der Waals surface area contributed by atoms with Crippen LogP contribution in [0.15, 0.2) is 18.2 Å². The van der Waals surface area contributed by atoms with Crippen LogP contribution in [0.4, 0.5) is 10.1 Å². The summed E-state index contributed by atoms with van der Waals surface area (Å²) in [5, 5.41) is 2.85. The minimum Gasteiger partial charge on any atom is -0.358 e. The van der Waals surface area contributed by atoms with E-state index in [0.717, 1.165) is 67.1 Å². The predicted octanol–water partition coefficient (Wildman–Crippen LogP) is 3.05. The first kappa shape index (κ1) is 19.1. The van der Waals surface area contributed by atoms with Crippen molar-refractivity contribution in [3.63, 3.8) is 0 Å². The van der Waals surface area contributed by atoms with Crippen molar-refractivity contribution in [2.75, 3.05) is 38.5 Å². The highest BCUT2D eigenvalue weighted by Gasteiger charge is 2.34. The van der Waals surface area contributed by atoms with Crippen molar-refractivity contribution in [2.45, 2.75) is 26.2 Å². The third-order valence-corrected chi connectivity index (χ3v) is 6.48. The number of carbonyl (C=O) groups excluding carboxylic acids is 2. The van der Waals surface area contributed by atoms with E-state index in [-0.39, 0.29) is 17.6 Å². The Morgan fingerprint density at radius 3 is 2.67 bits per heavy atom. The zero-order valence-corrected chi connectivity index (χ0v) is 17.3. The van der Waals surface area contributed by atoms with Crippen LogP contribution in [0.5, 0.6) is 0 Å². The van der Waals surface area contributed by atoms with Gasteiger partial charge in [0.2, 0.25) is 0 Å². The van der Waals surface area contributed by atoms with E-state index >= 15 is 0 Å². The molecule has 3 aliphatic rings. The molecule has 0 unspecified atom stereocenters. The monoisotopic (exact) mass is 408 g/mol. The van der Waals surface area contributed by atoms with Gasteiger partial charge in [-0.3, -0.25) is 9.59 Å². The van der Waals surface area contributed by atoms with Gasteiger partial charge >= 0.3 is 0 Å². The Bertz CT molecular complexity index is 1090. The van der Waals surface area contributed by atoms with E-state index in [1.165, 1.54) is 12.1 Å². The van der Waals surface area contributed by atoms with E-state index in [1.807, 2.05) is 11.8 Å². The van der Waals surface area contributed by atoms with Gasteiger partial charge in [0, 0.05) is 48.8 Å². The quantitative estimate of drug-likeness (QED) is 0.713. The minimum absolute atomic E-state index is 0.0617. The number of nitrogens with zero attached hydrogens (tertiary/aromatic N) is 2. The molecule has 0 radical (unpaired) electrons. The number of fused-ring (bicyclic) bond motifs is 2. The lowest BCUT2D eigenvalue weighted by Gasteiger charge is -2.32. The molecule has 2 N–H and O–H groups in total. The number of H-pyrrole nitrogens is 1. The van der Waals surface area contributed by atoms with Crippen molar-refractivity contribution < 1.29 is 14.0 Å². The molecule has 0 atom stereocenters. The highest BCUT2D eigenvalue weighted by molar-refractivity contribution is 6.36. The van der Waals surface area contributed by atoms with E-state index in [1.54, 1.807) is 6.07 Å². The van der Waals surface area contributed by atoms with Gasteiger partial charge in [-0.25, -0.2) is 4.39 Å². The summed E-state index contributed by atoms with van der Waals surface area (Å²) in [5.74, 6) is -0.516. The number of aromatic nitrogens is 1. The Kier molecular flexibility index (Phi) is 4.50. The summed E-state index contributed by atoms with van der Waals surface area (Å²) in [6.07, 6.45) is 2.36. The largest absolute Gasteiger partial charge is 0.358 e. The van der Waals surface area contributed by atoms with Crippen LogP contribution in [-0.2, 0) is 11.2 Å². The number of halogens is 1. The number of benzene rings is 1. The Morgan fingerprint density at radius 1 is 1.13 bits per heavy atom. The normalized spacial score (nSPS) is 21.4. The van der Waals surface area contributed by atoms with Crippen LogP contribution in [0.25, 0.3) is 11.1 Å². The number of anilines is 1. The fourth-order valence-electron chi connectivity index (χ4n) is 4.90. The first-order chi connectivity index (χ1) is 14.4. The second kappa shape index (κ2) is 7.09. The van der Waals surface area contributed by atoms with Gasteiger partial charge in [-0.15, -0.1) is 0 Å². The molecule has 5 rings (SSSR count). The molecule has 7 heteroatoms. The van der Waals surface area contributed by atoms with Crippen molar-refractivity contribution >= 4 is 28.6 Å². The third kappa shape index (κ3) is 2.96. The van der Waals surface area contributed by atoms with Crippen molar-refractivity contribution in [1.82, 2.24) is 14.8 Å². The molecule has 2 aliphatic heterocycles. The van der Waals surface area contributed by atoms with Gasteiger partial charge in [-0.05, 0) is 62.6 Å². The SMILES string of the molecule is Cc1[nH]c2c(c1C(=O)N1CCN(C)CC1)CCC/C2=C1/C(=O)Nc2ccc(F)cc21. The maximum atomic E-state index is 13.9. The Morgan fingerprint density at radius 2 is 1.90 bits per heavy atom. The van der Waals surface area contributed by atoms with E-state index in [0.29, 0.717) is 23.2 Å². The topological polar surface area (TPSA) is 68.4 Å². The van der Waals surface area contributed by atoms with Crippen LogP contribution in [0.2, 0.25) is 0 Å². The van der Waals surface area contributed by atoms with Crippen LogP contribution in [0.1, 0.15) is 45.7 Å². The summed E-state index contributed by atoms with van der Waals surface area (Å²) in [4.78, 5) is 33.7. The molecule has 3 heterocycles. The molecule has 1 fully saturated rings. The molecular formula is C23H25FN4O2. The molecular weight excluding hydrogens is 383 g/mol. The number of carbonyl (C=O) groups is 2. The van der Waals surface area contributed by atoms with Gasteiger partial charge in [-0.1, -0.05) is 0 Å². The first-order valence-corrected chi connectivity index (χ1v) is 10.5. The maximum absolute atomic E-state index is 13.9. The molecule has 156 valence electrons. The molecule has 2 amide bonds. The average molecular weight is 408 g/mol. The fraction of sp³-hybridized carbons (Fsp3) is 0.391.